The summed E-state index contributed by atoms with van der Waals surface area (Å²) < 4.78 is 20.6. The van der Waals surface area contributed by atoms with Crippen molar-refractivity contribution >= 4 is 29.7 Å². The van der Waals surface area contributed by atoms with Crippen molar-refractivity contribution < 1.29 is 33.1 Å². The molecular formula is C25H29FN4O6. The van der Waals surface area contributed by atoms with E-state index in [-0.39, 0.29) is 55.0 Å². The fraction of sp³-hybridized carbons (Fsp3) is 0.560. The van der Waals surface area contributed by atoms with Gasteiger partial charge in [-0.1, -0.05) is 12.1 Å². The lowest BCUT2D eigenvalue weighted by atomic mass is 9.81. The van der Waals surface area contributed by atoms with Crippen LogP contribution in [0.15, 0.2) is 12.1 Å². The van der Waals surface area contributed by atoms with E-state index in [1.807, 2.05) is 4.90 Å². The molecule has 5 rings (SSSR count). The van der Waals surface area contributed by atoms with E-state index in [0.29, 0.717) is 18.4 Å². The normalized spacial score (nSPS) is 25.7. The molecule has 11 heteroatoms. The third kappa shape index (κ3) is 4.66. The number of carbonyl (C=O) groups is 5. The van der Waals surface area contributed by atoms with Crippen molar-refractivity contribution in [3.63, 3.8) is 0 Å². The molecule has 0 unspecified atom stereocenters. The maximum Gasteiger partial charge on any atom is 0.407 e. The van der Waals surface area contributed by atoms with Crippen LogP contribution in [0.5, 0.6) is 0 Å². The Balaban J connectivity index is 1.12. The molecule has 1 aromatic rings. The third-order valence-corrected chi connectivity index (χ3v) is 7.52. The van der Waals surface area contributed by atoms with Gasteiger partial charge >= 0.3 is 6.09 Å². The van der Waals surface area contributed by atoms with E-state index in [2.05, 4.69) is 10.6 Å². The SMILES string of the molecule is O=C1CC[C@H](N2Cc3ccc(CNC(=O)OC4CC(C(=O)N5CCCCC5)C4)c(F)c3C2=O)C(=O)N1. The topological polar surface area (TPSA) is 125 Å². The summed E-state index contributed by atoms with van der Waals surface area (Å²) in [4.78, 5) is 64.4. The maximum absolute atomic E-state index is 15.2. The molecule has 36 heavy (non-hydrogen) atoms. The largest absolute Gasteiger partial charge is 0.446 e. The molecule has 0 radical (unpaired) electrons. The summed E-state index contributed by atoms with van der Waals surface area (Å²) in [7, 11) is 0. The lowest BCUT2D eigenvalue weighted by Crippen LogP contribution is -2.52. The second-order valence-corrected chi connectivity index (χ2v) is 9.91. The Morgan fingerprint density at radius 1 is 1.11 bits per heavy atom. The molecule has 192 valence electrons. The van der Waals surface area contributed by atoms with E-state index in [4.69, 9.17) is 4.74 Å². The van der Waals surface area contributed by atoms with Crippen molar-refractivity contribution in [2.75, 3.05) is 13.1 Å². The van der Waals surface area contributed by atoms with Crippen molar-refractivity contribution in [3.05, 3.63) is 34.6 Å². The Hall–Kier alpha value is -3.50. The maximum atomic E-state index is 15.2. The first-order chi connectivity index (χ1) is 17.3. The number of nitrogens with one attached hydrogen (secondary N) is 2. The average Bonchev–Trinajstić information content (AvgIpc) is 3.17. The van der Waals surface area contributed by atoms with Gasteiger partial charge in [0.25, 0.3) is 5.91 Å². The average molecular weight is 501 g/mol. The van der Waals surface area contributed by atoms with Crippen LogP contribution in [-0.4, -0.2) is 64.8 Å². The third-order valence-electron chi connectivity index (χ3n) is 7.52. The van der Waals surface area contributed by atoms with Gasteiger partial charge in [0.15, 0.2) is 0 Å². The van der Waals surface area contributed by atoms with Crippen molar-refractivity contribution in [1.82, 2.24) is 20.4 Å². The van der Waals surface area contributed by atoms with Crippen LogP contribution in [0, 0.1) is 11.7 Å². The number of alkyl carbamates (subject to hydrolysis) is 1. The van der Waals surface area contributed by atoms with Gasteiger partial charge in [-0.25, -0.2) is 9.18 Å². The lowest BCUT2D eigenvalue weighted by molar-refractivity contribution is -0.143. The highest BCUT2D eigenvalue weighted by Crippen LogP contribution is 2.33. The molecule has 5 amide bonds. The molecule has 1 aromatic carbocycles. The van der Waals surface area contributed by atoms with E-state index in [0.717, 1.165) is 32.4 Å². The van der Waals surface area contributed by atoms with Gasteiger partial charge in [0.2, 0.25) is 17.7 Å². The molecule has 3 fully saturated rings. The zero-order valence-corrected chi connectivity index (χ0v) is 19.9. The monoisotopic (exact) mass is 500 g/mol. The summed E-state index contributed by atoms with van der Waals surface area (Å²) in [5.74, 6) is -2.30. The van der Waals surface area contributed by atoms with Crippen LogP contribution in [0.25, 0.3) is 0 Å². The summed E-state index contributed by atoms with van der Waals surface area (Å²) in [6.07, 6.45) is 3.43. The van der Waals surface area contributed by atoms with Crippen LogP contribution < -0.4 is 10.6 Å². The van der Waals surface area contributed by atoms with Crippen molar-refractivity contribution in [2.24, 2.45) is 5.92 Å². The molecule has 0 bridgehead atoms. The standard InChI is InChI=1S/C25H29FN4O6/c26-21-14(4-5-15-13-30(24(34)20(15)21)18-6-7-19(31)28-22(18)32)12-27-25(35)36-17-10-16(11-17)23(33)29-8-2-1-3-9-29/h4-5,16-18H,1-3,6-13H2,(H,27,35)(H,28,31,32)/t16?,17?,18-/m0/s1. The number of amides is 5. The van der Waals surface area contributed by atoms with Crippen LogP contribution in [0.4, 0.5) is 9.18 Å². The Kier molecular flexibility index (Phi) is 6.63. The van der Waals surface area contributed by atoms with Crippen LogP contribution in [0.3, 0.4) is 0 Å². The minimum absolute atomic E-state index is 0.0755. The molecule has 1 saturated carbocycles. The Bertz CT molecular complexity index is 1110. The summed E-state index contributed by atoms with van der Waals surface area (Å²) in [5.41, 5.74) is 0.453. The van der Waals surface area contributed by atoms with E-state index in [9.17, 15) is 24.0 Å². The molecule has 3 aliphatic heterocycles. The molecular weight excluding hydrogens is 471 g/mol. The predicted molar refractivity (Wildman–Crippen MR) is 123 cm³/mol. The molecule has 2 saturated heterocycles. The van der Waals surface area contributed by atoms with Gasteiger partial charge in [-0.05, 0) is 44.1 Å². The number of piperidine rings is 2. The number of hydrogen-bond acceptors (Lipinski definition) is 6. The Morgan fingerprint density at radius 2 is 1.86 bits per heavy atom. The summed E-state index contributed by atoms with van der Waals surface area (Å²) in [6, 6.07) is 2.27. The lowest BCUT2D eigenvalue weighted by Gasteiger charge is -2.38. The number of likely N-dealkylation sites (tertiary alicyclic amines) is 1. The Morgan fingerprint density at radius 3 is 2.58 bits per heavy atom. The number of ether oxygens (including phenoxy) is 1. The summed E-state index contributed by atoms with van der Waals surface area (Å²) >= 11 is 0. The number of imide groups is 1. The first kappa shape index (κ1) is 24.2. The minimum Gasteiger partial charge on any atom is -0.446 e. The smallest absolute Gasteiger partial charge is 0.407 e. The molecule has 10 nitrogen and oxygen atoms in total. The van der Waals surface area contributed by atoms with E-state index >= 15 is 4.39 Å². The second kappa shape index (κ2) is 9.87. The van der Waals surface area contributed by atoms with Gasteiger partial charge in [0.1, 0.15) is 18.0 Å². The highest BCUT2D eigenvalue weighted by atomic mass is 19.1. The Labute approximate surface area is 207 Å². The number of carbonyl (C=O) groups excluding carboxylic acids is 5. The number of fused-ring (bicyclic) bond motifs is 1. The fourth-order valence-electron chi connectivity index (χ4n) is 5.39. The number of nitrogens with zero attached hydrogens (tertiary/aromatic N) is 2. The summed E-state index contributed by atoms with van der Waals surface area (Å²) in [6.45, 7) is 1.49. The van der Waals surface area contributed by atoms with Crippen molar-refractivity contribution in [1.29, 1.82) is 0 Å². The van der Waals surface area contributed by atoms with Gasteiger partial charge in [0.05, 0.1) is 5.56 Å². The fourth-order valence-corrected chi connectivity index (χ4v) is 5.39. The first-order valence-electron chi connectivity index (χ1n) is 12.5. The van der Waals surface area contributed by atoms with E-state index < -0.39 is 35.7 Å². The summed E-state index contributed by atoms with van der Waals surface area (Å²) in [5, 5.41) is 4.73. The molecule has 2 N–H and O–H groups in total. The molecule has 0 aromatic heterocycles. The molecule has 1 atom stereocenters. The quantitative estimate of drug-likeness (QED) is 0.592. The zero-order valence-electron chi connectivity index (χ0n) is 19.9. The van der Waals surface area contributed by atoms with Gasteiger partial charge in [-0.2, -0.15) is 0 Å². The van der Waals surface area contributed by atoms with Gasteiger partial charge in [0, 0.05) is 44.1 Å². The first-order valence-corrected chi connectivity index (χ1v) is 12.5. The van der Waals surface area contributed by atoms with Crippen molar-refractivity contribution in [2.45, 2.75) is 70.2 Å². The van der Waals surface area contributed by atoms with Crippen LogP contribution in [0.2, 0.25) is 0 Å². The molecule has 0 spiro atoms. The highest BCUT2D eigenvalue weighted by molar-refractivity contribution is 6.05. The predicted octanol–water partition coefficient (Wildman–Crippen LogP) is 1.60. The molecule has 1 aliphatic carbocycles. The van der Waals surface area contributed by atoms with Gasteiger partial charge < -0.3 is 19.9 Å². The van der Waals surface area contributed by atoms with Crippen LogP contribution in [-0.2, 0) is 32.2 Å². The van der Waals surface area contributed by atoms with Crippen LogP contribution in [0.1, 0.15) is 66.4 Å². The number of halogens is 1. The second-order valence-electron chi connectivity index (χ2n) is 9.91. The number of hydrogen-bond donors (Lipinski definition) is 2. The van der Waals surface area contributed by atoms with E-state index in [1.54, 1.807) is 6.07 Å². The van der Waals surface area contributed by atoms with Gasteiger partial charge in [-0.15, -0.1) is 0 Å². The molecule has 4 aliphatic rings. The van der Waals surface area contributed by atoms with Crippen LogP contribution >= 0.6 is 0 Å². The highest BCUT2D eigenvalue weighted by Gasteiger charge is 2.41. The van der Waals surface area contributed by atoms with Gasteiger partial charge in [-0.3, -0.25) is 24.5 Å². The number of rotatable bonds is 5. The minimum atomic E-state index is -0.827. The zero-order chi connectivity index (χ0) is 25.4. The number of benzene rings is 1. The van der Waals surface area contributed by atoms with Crippen molar-refractivity contribution in [3.8, 4) is 0 Å². The molecule has 3 heterocycles. The van der Waals surface area contributed by atoms with E-state index in [1.165, 1.54) is 11.0 Å².